The molecule has 1 heterocycles. The fourth-order valence-electron chi connectivity index (χ4n) is 2.11. The molecule has 5 atom stereocenters. The number of ether oxygens (including phenoxy) is 5. The zero-order valence-electron chi connectivity index (χ0n) is 13.6. The monoisotopic (exact) mass is 366 g/mol. The third-order valence-corrected chi connectivity index (χ3v) is 3.41. The number of carbonyl (C=O) groups is 4. The molecule has 0 radical (unpaired) electrons. The summed E-state index contributed by atoms with van der Waals surface area (Å²) in [6.07, 6.45) is -4.62. The molecule has 0 spiro atoms. The lowest BCUT2D eigenvalue weighted by Gasteiger charge is -2.42. The van der Waals surface area contributed by atoms with Gasteiger partial charge in [0.25, 0.3) is 0 Å². The Kier molecular flexibility index (Phi) is 7.43. The van der Waals surface area contributed by atoms with Gasteiger partial charge in [-0.1, -0.05) is 0 Å². The third kappa shape index (κ3) is 5.97. The number of alkyl halides is 1. The molecule has 1 rings (SSSR count). The van der Waals surface area contributed by atoms with Crippen molar-refractivity contribution < 1.29 is 42.9 Å². The SMILES string of the molecule is CC(=O)OC[C@H]1OC(OC(C)=O)[C@H](OC(C)=O)[C@@H](Cl)[C@H]1OC(C)=O. The van der Waals surface area contributed by atoms with E-state index in [-0.39, 0.29) is 6.61 Å². The second-order valence-corrected chi connectivity index (χ2v) is 5.55. The fourth-order valence-corrected chi connectivity index (χ4v) is 2.49. The van der Waals surface area contributed by atoms with Crippen molar-refractivity contribution >= 4 is 35.5 Å². The fraction of sp³-hybridized carbons (Fsp3) is 0.714. The largest absolute Gasteiger partial charge is 0.463 e. The van der Waals surface area contributed by atoms with E-state index in [1.165, 1.54) is 6.92 Å². The standard InChI is InChI=1S/C14H19ClO9/c1-6(16)20-5-10-12(21-7(2)17)11(15)13(22-8(3)18)14(24-10)23-9(4)19/h10-14H,5H2,1-4H3/t10-,11+,12+,13-,14?/m1/s1. The van der Waals surface area contributed by atoms with Crippen LogP contribution < -0.4 is 0 Å². The Morgan fingerprint density at radius 1 is 0.833 bits per heavy atom. The molecule has 0 bridgehead atoms. The predicted molar refractivity (Wildman–Crippen MR) is 77.8 cm³/mol. The van der Waals surface area contributed by atoms with Gasteiger partial charge in [0.2, 0.25) is 6.29 Å². The van der Waals surface area contributed by atoms with Gasteiger partial charge in [-0.2, -0.15) is 0 Å². The van der Waals surface area contributed by atoms with Gasteiger partial charge in [0, 0.05) is 27.7 Å². The van der Waals surface area contributed by atoms with Crippen LogP contribution in [-0.4, -0.2) is 60.5 Å². The minimum Gasteiger partial charge on any atom is -0.463 e. The average molecular weight is 367 g/mol. The van der Waals surface area contributed by atoms with Gasteiger partial charge in [0.05, 0.1) is 0 Å². The molecule has 24 heavy (non-hydrogen) atoms. The van der Waals surface area contributed by atoms with E-state index in [9.17, 15) is 19.2 Å². The summed E-state index contributed by atoms with van der Waals surface area (Å²) in [4.78, 5) is 44.8. The highest BCUT2D eigenvalue weighted by molar-refractivity contribution is 6.21. The first-order chi connectivity index (χ1) is 11.1. The van der Waals surface area contributed by atoms with Crippen LogP contribution >= 0.6 is 11.6 Å². The maximum Gasteiger partial charge on any atom is 0.305 e. The first-order valence-electron chi connectivity index (χ1n) is 7.06. The molecular weight excluding hydrogens is 348 g/mol. The third-order valence-electron chi connectivity index (χ3n) is 2.91. The molecule has 1 aliphatic rings. The summed E-state index contributed by atoms with van der Waals surface area (Å²) in [6.45, 7) is 4.33. The second-order valence-electron chi connectivity index (χ2n) is 5.05. The topological polar surface area (TPSA) is 114 Å². The van der Waals surface area contributed by atoms with Crippen LogP contribution in [0.4, 0.5) is 0 Å². The first-order valence-corrected chi connectivity index (χ1v) is 7.50. The van der Waals surface area contributed by atoms with E-state index in [0.29, 0.717) is 0 Å². The number of esters is 4. The summed E-state index contributed by atoms with van der Waals surface area (Å²) in [7, 11) is 0. The van der Waals surface area contributed by atoms with Crippen molar-refractivity contribution in [3.05, 3.63) is 0 Å². The van der Waals surface area contributed by atoms with E-state index in [1.807, 2.05) is 0 Å². The molecule has 0 aliphatic carbocycles. The Morgan fingerprint density at radius 3 is 1.79 bits per heavy atom. The number of hydrogen-bond donors (Lipinski definition) is 0. The van der Waals surface area contributed by atoms with Gasteiger partial charge < -0.3 is 23.7 Å². The van der Waals surface area contributed by atoms with Crippen LogP contribution in [0.25, 0.3) is 0 Å². The minimum absolute atomic E-state index is 0.291. The summed E-state index contributed by atoms with van der Waals surface area (Å²) in [5.74, 6) is -2.63. The van der Waals surface area contributed by atoms with Crippen molar-refractivity contribution in [1.82, 2.24) is 0 Å². The Hall–Kier alpha value is -1.87. The van der Waals surface area contributed by atoms with Crippen molar-refractivity contribution in [2.24, 2.45) is 0 Å². The van der Waals surface area contributed by atoms with Crippen LogP contribution in [0.1, 0.15) is 27.7 Å². The molecule has 0 aromatic heterocycles. The quantitative estimate of drug-likeness (QED) is 0.385. The molecule has 0 aromatic carbocycles. The summed E-state index contributed by atoms with van der Waals surface area (Å²) in [6, 6.07) is 0. The van der Waals surface area contributed by atoms with Gasteiger partial charge >= 0.3 is 23.9 Å². The van der Waals surface area contributed by atoms with Crippen LogP contribution in [0.2, 0.25) is 0 Å². The molecule has 0 N–H and O–H groups in total. The Balaban J connectivity index is 3.04. The molecule has 10 heteroatoms. The van der Waals surface area contributed by atoms with E-state index in [0.717, 1.165) is 20.8 Å². The molecule has 136 valence electrons. The summed E-state index contributed by atoms with van der Waals surface area (Å²) in [5.41, 5.74) is 0. The van der Waals surface area contributed by atoms with Crippen LogP contribution in [0.3, 0.4) is 0 Å². The summed E-state index contributed by atoms with van der Waals surface area (Å²) in [5, 5.41) is -1.09. The highest BCUT2D eigenvalue weighted by Gasteiger charge is 2.50. The van der Waals surface area contributed by atoms with Crippen LogP contribution in [0, 0.1) is 0 Å². The van der Waals surface area contributed by atoms with Crippen molar-refractivity contribution in [3.8, 4) is 0 Å². The van der Waals surface area contributed by atoms with Gasteiger partial charge in [0.15, 0.2) is 12.2 Å². The molecule has 1 saturated heterocycles. The zero-order valence-corrected chi connectivity index (χ0v) is 14.4. The lowest BCUT2D eigenvalue weighted by atomic mass is 10.0. The van der Waals surface area contributed by atoms with E-state index in [4.69, 9.17) is 35.3 Å². The minimum atomic E-state index is -1.33. The Morgan fingerprint density at radius 2 is 1.33 bits per heavy atom. The van der Waals surface area contributed by atoms with Crippen molar-refractivity contribution in [2.75, 3.05) is 6.61 Å². The lowest BCUT2D eigenvalue weighted by Crippen LogP contribution is -2.60. The Labute approximate surface area is 143 Å². The van der Waals surface area contributed by atoms with E-state index in [1.54, 1.807) is 0 Å². The maximum absolute atomic E-state index is 11.3. The molecular formula is C14H19ClO9. The van der Waals surface area contributed by atoms with Crippen LogP contribution in [-0.2, 0) is 42.9 Å². The molecule has 0 saturated carbocycles. The molecule has 9 nitrogen and oxygen atoms in total. The van der Waals surface area contributed by atoms with Crippen LogP contribution in [0.15, 0.2) is 0 Å². The summed E-state index contributed by atoms with van der Waals surface area (Å²) >= 11 is 6.26. The van der Waals surface area contributed by atoms with E-state index >= 15 is 0 Å². The highest BCUT2D eigenvalue weighted by Crippen LogP contribution is 2.31. The molecule has 1 unspecified atom stereocenters. The van der Waals surface area contributed by atoms with Crippen LogP contribution in [0.5, 0.6) is 0 Å². The molecule has 0 aromatic rings. The highest BCUT2D eigenvalue weighted by atomic mass is 35.5. The number of hydrogen-bond acceptors (Lipinski definition) is 9. The van der Waals surface area contributed by atoms with E-state index < -0.39 is 53.9 Å². The van der Waals surface area contributed by atoms with Crippen molar-refractivity contribution in [1.29, 1.82) is 0 Å². The Bertz CT molecular complexity index is 504. The lowest BCUT2D eigenvalue weighted by molar-refractivity contribution is -0.268. The van der Waals surface area contributed by atoms with Gasteiger partial charge in [-0.3, -0.25) is 19.2 Å². The average Bonchev–Trinajstić information content (AvgIpc) is 2.42. The summed E-state index contributed by atoms with van der Waals surface area (Å²) < 4.78 is 25.4. The molecule has 0 amide bonds. The molecule has 1 fully saturated rings. The van der Waals surface area contributed by atoms with Gasteiger partial charge in [-0.25, -0.2) is 0 Å². The van der Waals surface area contributed by atoms with Gasteiger partial charge in [-0.15, -0.1) is 11.6 Å². The number of halogens is 1. The first kappa shape index (κ1) is 20.2. The number of carbonyl (C=O) groups excluding carboxylic acids is 4. The predicted octanol–water partition coefficient (Wildman–Crippen LogP) is 0.308. The maximum atomic E-state index is 11.3. The van der Waals surface area contributed by atoms with Gasteiger partial charge in [0.1, 0.15) is 18.1 Å². The smallest absolute Gasteiger partial charge is 0.305 e. The normalized spacial score (nSPS) is 29.3. The van der Waals surface area contributed by atoms with Crippen molar-refractivity contribution in [2.45, 2.75) is 57.7 Å². The number of rotatable bonds is 5. The molecule has 1 aliphatic heterocycles. The van der Waals surface area contributed by atoms with E-state index in [2.05, 4.69) is 0 Å². The second kappa shape index (κ2) is 8.84. The zero-order chi connectivity index (χ0) is 18.4. The van der Waals surface area contributed by atoms with Gasteiger partial charge in [-0.05, 0) is 0 Å². The van der Waals surface area contributed by atoms with Crippen molar-refractivity contribution in [3.63, 3.8) is 0 Å².